The Balaban J connectivity index is 2.18. The number of hydrogen-bond acceptors (Lipinski definition) is 5. The standard InChI is InChI=1S/C11H9ClN2O4/c1-17-9-3-2-6(4-7(9)12)13-11-14-8(5-18-11)10(15)16/h2-5H,1H3,(H,13,14)(H,15,16). The molecule has 0 radical (unpaired) electrons. The number of nitrogens with one attached hydrogen (secondary N) is 1. The predicted molar refractivity (Wildman–Crippen MR) is 64.7 cm³/mol. The number of carbonyl (C=O) groups is 1. The number of benzene rings is 1. The average molecular weight is 269 g/mol. The van der Waals surface area contributed by atoms with E-state index in [0.717, 1.165) is 6.26 Å². The van der Waals surface area contributed by atoms with Crippen molar-refractivity contribution in [2.24, 2.45) is 0 Å². The minimum Gasteiger partial charge on any atom is -0.495 e. The van der Waals surface area contributed by atoms with Crippen LogP contribution in [0.3, 0.4) is 0 Å². The third-order valence-electron chi connectivity index (χ3n) is 2.13. The SMILES string of the molecule is COc1ccc(Nc2nc(C(=O)O)co2)cc1Cl. The van der Waals surface area contributed by atoms with Gasteiger partial charge < -0.3 is 19.6 Å². The molecule has 0 atom stereocenters. The number of oxazole rings is 1. The van der Waals surface area contributed by atoms with Gasteiger partial charge in [0.2, 0.25) is 0 Å². The topological polar surface area (TPSA) is 84.6 Å². The van der Waals surface area contributed by atoms with E-state index in [1.165, 1.54) is 7.11 Å². The first-order chi connectivity index (χ1) is 8.60. The summed E-state index contributed by atoms with van der Waals surface area (Å²) in [6.07, 6.45) is 1.05. The second kappa shape index (κ2) is 4.97. The highest BCUT2D eigenvalue weighted by atomic mass is 35.5. The molecule has 0 fully saturated rings. The molecule has 0 aliphatic rings. The zero-order chi connectivity index (χ0) is 13.1. The molecule has 7 heteroatoms. The van der Waals surface area contributed by atoms with Crippen molar-refractivity contribution >= 4 is 29.3 Å². The van der Waals surface area contributed by atoms with Crippen LogP contribution in [0.15, 0.2) is 28.9 Å². The number of halogens is 1. The van der Waals surface area contributed by atoms with Gasteiger partial charge >= 0.3 is 5.97 Å². The van der Waals surface area contributed by atoms with Gasteiger partial charge in [-0.05, 0) is 18.2 Å². The van der Waals surface area contributed by atoms with Gasteiger partial charge in [-0.25, -0.2) is 4.79 Å². The molecular formula is C11H9ClN2O4. The van der Waals surface area contributed by atoms with Gasteiger partial charge in [0.05, 0.1) is 12.1 Å². The lowest BCUT2D eigenvalue weighted by atomic mass is 10.3. The van der Waals surface area contributed by atoms with Crippen molar-refractivity contribution in [3.8, 4) is 5.75 Å². The largest absolute Gasteiger partial charge is 0.495 e. The quantitative estimate of drug-likeness (QED) is 0.887. The predicted octanol–water partition coefficient (Wildman–Crippen LogP) is 2.78. The van der Waals surface area contributed by atoms with Gasteiger partial charge in [-0.2, -0.15) is 4.98 Å². The first-order valence-electron chi connectivity index (χ1n) is 4.89. The molecule has 1 aromatic carbocycles. The molecule has 2 aromatic rings. The number of hydrogen-bond donors (Lipinski definition) is 2. The zero-order valence-electron chi connectivity index (χ0n) is 9.31. The molecule has 0 amide bonds. The normalized spacial score (nSPS) is 10.1. The Bertz CT molecular complexity index is 582. The van der Waals surface area contributed by atoms with E-state index in [1.807, 2.05) is 0 Å². The Morgan fingerprint density at radius 1 is 1.56 bits per heavy atom. The highest BCUT2D eigenvalue weighted by Crippen LogP contribution is 2.28. The van der Waals surface area contributed by atoms with Crippen molar-refractivity contribution in [1.82, 2.24) is 4.98 Å². The highest BCUT2D eigenvalue weighted by Gasteiger charge is 2.10. The summed E-state index contributed by atoms with van der Waals surface area (Å²) in [5.41, 5.74) is 0.441. The molecule has 0 bridgehead atoms. The minimum atomic E-state index is -1.15. The first-order valence-corrected chi connectivity index (χ1v) is 5.27. The Labute approximate surface area is 107 Å². The van der Waals surface area contributed by atoms with E-state index in [2.05, 4.69) is 10.3 Å². The molecule has 0 saturated carbocycles. The number of ether oxygens (including phenoxy) is 1. The smallest absolute Gasteiger partial charge is 0.357 e. The first kappa shape index (κ1) is 12.3. The van der Waals surface area contributed by atoms with Gasteiger partial charge in [0.1, 0.15) is 12.0 Å². The number of carboxylic acid groups (broad SMARTS) is 1. The molecule has 0 aliphatic heterocycles. The fourth-order valence-corrected chi connectivity index (χ4v) is 1.55. The maximum Gasteiger partial charge on any atom is 0.357 e. The number of nitrogens with zero attached hydrogens (tertiary/aromatic N) is 1. The molecule has 0 saturated heterocycles. The fourth-order valence-electron chi connectivity index (χ4n) is 1.30. The van der Waals surface area contributed by atoms with E-state index in [9.17, 15) is 4.79 Å². The monoisotopic (exact) mass is 268 g/mol. The van der Waals surface area contributed by atoms with Crippen molar-refractivity contribution in [1.29, 1.82) is 0 Å². The van der Waals surface area contributed by atoms with Gasteiger partial charge in [-0.15, -0.1) is 0 Å². The van der Waals surface area contributed by atoms with Crippen LogP contribution in [0.4, 0.5) is 11.7 Å². The van der Waals surface area contributed by atoms with E-state index >= 15 is 0 Å². The lowest BCUT2D eigenvalue weighted by molar-refractivity contribution is 0.0690. The molecule has 1 heterocycles. The zero-order valence-corrected chi connectivity index (χ0v) is 10.1. The second-order valence-electron chi connectivity index (χ2n) is 3.32. The van der Waals surface area contributed by atoms with E-state index in [0.29, 0.717) is 16.5 Å². The summed E-state index contributed by atoms with van der Waals surface area (Å²) < 4.78 is 9.96. The van der Waals surface area contributed by atoms with Crippen LogP contribution >= 0.6 is 11.6 Å². The van der Waals surface area contributed by atoms with Gasteiger partial charge in [0.15, 0.2) is 5.69 Å². The summed E-state index contributed by atoms with van der Waals surface area (Å²) in [6.45, 7) is 0. The molecule has 2 N–H and O–H groups in total. The lowest BCUT2D eigenvalue weighted by Crippen LogP contribution is -1.97. The Morgan fingerprint density at radius 3 is 2.89 bits per heavy atom. The van der Waals surface area contributed by atoms with Crippen LogP contribution in [0.25, 0.3) is 0 Å². The Morgan fingerprint density at radius 2 is 2.33 bits per heavy atom. The van der Waals surface area contributed by atoms with Crippen LogP contribution in [0.1, 0.15) is 10.5 Å². The van der Waals surface area contributed by atoms with Crippen molar-refractivity contribution < 1.29 is 19.1 Å². The fraction of sp³-hybridized carbons (Fsp3) is 0.0909. The Kier molecular flexibility index (Phi) is 3.38. The summed E-state index contributed by atoms with van der Waals surface area (Å²) >= 11 is 5.94. The molecule has 2 rings (SSSR count). The van der Waals surface area contributed by atoms with Gasteiger partial charge in [-0.3, -0.25) is 0 Å². The molecule has 0 unspecified atom stereocenters. The van der Waals surface area contributed by atoms with Crippen LogP contribution in [-0.2, 0) is 0 Å². The number of methoxy groups -OCH3 is 1. The molecule has 18 heavy (non-hydrogen) atoms. The molecule has 94 valence electrons. The molecule has 0 spiro atoms. The number of rotatable bonds is 4. The average Bonchev–Trinajstić information content (AvgIpc) is 2.78. The molecule has 6 nitrogen and oxygen atoms in total. The molecule has 1 aromatic heterocycles. The Hall–Kier alpha value is -2.21. The van der Waals surface area contributed by atoms with Crippen molar-refractivity contribution in [3.63, 3.8) is 0 Å². The summed E-state index contributed by atoms with van der Waals surface area (Å²) in [5.74, 6) is -0.611. The van der Waals surface area contributed by atoms with E-state index < -0.39 is 5.97 Å². The number of carboxylic acids is 1. The lowest BCUT2D eigenvalue weighted by Gasteiger charge is -2.05. The third kappa shape index (κ3) is 2.54. The van der Waals surface area contributed by atoms with Crippen LogP contribution in [0.2, 0.25) is 5.02 Å². The highest BCUT2D eigenvalue weighted by molar-refractivity contribution is 6.32. The second-order valence-corrected chi connectivity index (χ2v) is 3.72. The summed E-state index contributed by atoms with van der Waals surface area (Å²) in [6, 6.07) is 5.07. The number of anilines is 2. The van der Waals surface area contributed by atoms with Gasteiger partial charge in [0, 0.05) is 5.69 Å². The van der Waals surface area contributed by atoms with Crippen LogP contribution in [-0.4, -0.2) is 23.2 Å². The van der Waals surface area contributed by atoms with Crippen molar-refractivity contribution in [3.05, 3.63) is 35.2 Å². The third-order valence-corrected chi connectivity index (χ3v) is 2.42. The maximum absolute atomic E-state index is 10.6. The van der Waals surface area contributed by atoms with Crippen molar-refractivity contribution in [2.75, 3.05) is 12.4 Å². The maximum atomic E-state index is 10.6. The summed E-state index contributed by atoms with van der Waals surface area (Å²) in [4.78, 5) is 14.3. The number of aromatic nitrogens is 1. The van der Waals surface area contributed by atoms with Crippen LogP contribution in [0.5, 0.6) is 5.75 Å². The van der Waals surface area contributed by atoms with Gasteiger partial charge in [0.25, 0.3) is 6.01 Å². The van der Waals surface area contributed by atoms with E-state index in [4.69, 9.17) is 25.9 Å². The summed E-state index contributed by atoms with van der Waals surface area (Å²) in [5, 5.41) is 11.9. The number of aromatic carboxylic acids is 1. The van der Waals surface area contributed by atoms with E-state index in [1.54, 1.807) is 18.2 Å². The molecular weight excluding hydrogens is 260 g/mol. The van der Waals surface area contributed by atoms with Crippen LogP contribution in [0, 0.1) is 0 Å². The minimum absolute atomic E-state index is 0.0774. The molecule has 0 aliphatic carbocycles. The van der Waals surface area contributed by atoms with Crippen LogP contribution < -0.4 is 10.1 Å². The van der Waals surface area contributed by atoms with Crippen molar-refractivity contribution in [2.45, 2.75) is 0 Å². The van der Waals surface area contributed by atoms with Gasteiger partial charge in [-0.1, -0.05) is 11.6 Å². The van der Waals surface area contributed by atoms with E-state index in [-0.39, 0.29) is 11.7 Å². The summed E-state index contributed by atoms with van der Waals surface area (Å²) in [7, 11) is 1.52.